The molecule has 3 amide bonds. The normalized spacial score (nSPS) is 19.3. The number of rotatable bonds is 5. The van der Waals surface area contributed by atoms with E-state index in [0.717, 1.165) is 22.6 Å². The minimum absolute atomic E-state index is 0.156. The average molecular weight is 470 g/mol. The molecule has 3 aromatic rings. The Bertz CT molecular complexity index is 1330. The summed E-state index contributed by atoms with van der Waals surface area (Å²) >= 11 is 0. The number of nitrogens with zero attached hydrogens (tertiary/aromatic N) is 3. The van der Waals surface area contributed by atoms with Crippen LogP contribution in [0.3, 0.4) is 0 Å². The van der Waals surface area contributed by atoms with E-state index in [2.05, 4.69) is 15.8 Å². The molecule has 2 N–H and O–H groups in total. The molecule has 8 nitrogen and oxygen atoms in total. The summed E-state index contributed by atoms with van der Waals surface area (Å²) in [5.74, 6) is -1.31. The van der Waals surface area contributed by atoms with E-state index in [0.29, 0.717) is 30.6 Å². The van der Waals surface area contributed by atoms with Gasteiger partial charge in [-0.2, -0.15) is 5.10 Å². The second-order valence-electron chi connectivity index (χ2n) is 8.94. The first kappa shape index (κ1) is 22.6. The maximum absolute atomic E-state index is 13.1. The van der Waals surface area contributed by atoms with Crippen LogP contribution in [0.15, 0.2) is 66.7 Å². The van der Waals surface area contributed by atoms with Crippen molar-refractivity contribution in [3.8, 4) is 5.69 Å². The van der Waals surface area contributed by atoms with Gasteiger partial charge >= 0.3 is 0 Å². The fourth-order valence-corrected chi connectivity index (χ4v) is 4.79. The van der Waals surface area contributed by atoms with E-state index in [1.54, 1.807) is 24.3 Å². The van der Waals surface area contributed by atoms with Gasteiger partial charge in [-0.1, -0.05) is 36.4 Å². The molecule has 0 radical (unpaired) electrons. The molecular weight excluding hydrogens is 442 g/mol. The van der Waals surface area contributed by atoms with Crippen LogP contribution in [0.2, 0.25) is 0 Å². The molecule has 0 saturated carbocycles. The van der Waals surface area contributed by atoms with Crippen molar-refractivity contribution in [2.45, 2.75) is 33.2 Å². The van der Waals surface area contributed by atoms with Gasteiger partial charge in [-0.15, -0.1) is 0 Å². The van der Waals surface area contributed by atoms with E-state index in [-0.39, 0.29) is 29.6 Å². The van der Waals surface area contributed by atoms with Crippen molar-refractivity contribution in [3.63, 3.8) is 0 Å². The zero-order valence-corrected chi connectivity index (χ0v) is 19.7. The maximum Gasteiger partial charge on any atom is 0.251 e. The van der Waals surface area contributed by atoms with Gasteiger partial charge in [0, 0.05) is 23.4 Å². The highest BCUT2D eigenvalue weighted by molar-refractivity contribution is 6.05. The molecule has 1 fully saturated rings. The molecule has 2 unspecified atom stereocenters. The third-order valence-corrected chi connectivity index (χ3v) is 6.76. The first-order valence-corrected chi connectivity index (χ1v) is 11.7. The van der Waals surface area contributed by atoms with Gasteiger partial charge in [0.15, 0.2) is 0 Å². The third-order valence-electron chi connectivity index (χ3n) is 6.76. The van der Waals surface area contributed by atoms with Gasteiger partial charge in [-0.25, -0.2) is 9.69 Å². The smallest absolute Gasteiger partial charge is 0.251 e. The van der Waals surface area contributed by atoms with E-state index < -0.39 is 0 Å². The maximum atomic E-state index is 13.1. The van der Waals surface area contributed by atoms with Gasteiger partial charge in [-0.05, 0) is 57.0 Å². The van der Waals surface area contributed by atoms with Crippen LogP contribution in [0.5, 0.6) is 0 Å². The Morgan fingerprint density at radius 1 is 1.00 bits per heavy atom. The molecule has 2 aromatic carbocycles. The molecule has 1 aromatic heterocycles. The van der Waals surface area contributed by atoms with E-state index in [9.17, 15) is 14.4 Å². The average Bonchev–Trinajstić information content (AvgIpc) is 3.18. The number of benzene rings is 2. The number of amides is 3. The molecule has 2 aliphatic rings. The first-order chi connectivity index (χ1) is 16.9. The number of fused-ring (bicyclic) bond motifs is 1. The van der Waals surface area contributed by atoms with Crippen LogP contribution in [-0.4, -0.2) is 27.5 Å². The highest BCUT2D eigenvalue weighted by Crippen LogP contribution is 2.32. The van der Waals surface area contributed by atoms with E-state index in [1.807, 2.05) is 61.0 Å². The van der Waals surface area contributed by atoms with Crippen molar-refractivity contribution < 1.29 is 14.4 Å². The summed E-state index contributed by atoms with van der Waals surface area (Å²) in [7, 11) is 0. The van der Waals surface area contributed by atoms with Crippen molar-refractivity contribution in [3.05, 3.63) is 89.3 Å². The van der Waals surface area contributed by atoms with Crippen LogP contribution >= 0.6 is 0 Å². The monoisotopic (exact) mass is 469 g/mol. The van der Waals surface area contributed by atoms with E-state index in [1.165, 1.54) is 5.01 Å². The molecule has 2 atom stereocenters. The quantitative estimate of drug-likeness (QED) is 0.560. The Morgan fingerprint density at radius 3 is 2.49 bits per heavy atom. The van der Waals surface area contributed by atoms with Gasteiger partial charge < -0.3 is 5.32 Å². The Labute approximate surface area is 203 Å². The lowest BCUT2D eigenvalue weighted by Gasteiger charge is -2.38. The molecule has 0 spiro atoms. The summed E-state index contributed by atoms with van der Waals surface area (Å²) in [5.41, 5.74) is 7.29. The summed E-state index contributed by atoms with van der Waals surface area (Å²) in [4.78, 5) is 38.6. The van der Waals surface area contributed by atoms with Crippen molar-refractivity contribution in [1.82, 2.24) is 20.5 Å². The first-order valence-electron chi connectivity index (χ1n) is 11.7. The zero-order valence-electron chi connectivity index (χ0n) is 19.7. The second-order valence-corrected chi connectivity index (χ2v) is 8.94. The Hall–Kier alpha value is -4.20. The Morgan fingerprint density at radius 2 is 1.71 bits per heavy atom. The van der Waals surface area contributed by atoms with Crippen LogP contribution in [0.4, 0.5) is 5.69 Å². The SMILES string of the molecule is Cc1nn(-c2ccccc2)c(C)c1CNC(=O)c1cccc(N2NC(=O)C3CC=CCC3C2=O)c1. The van der Waals surface area contributed by atoms with Gasteiger partial charge in [0.05, 0.1) is 28.9 Å². The van der Waals surface area contributed by atoms with Gasteiger partial charge in [0.2, 0.25) is 11.8 Å². The fraction of sp³-hybridized carbons (Fsp3) is 0.259. The standard InChI is InChI=1S/C27H27N5O3/c1-17-24(18(2)31(29-17)20-10-4-3-5-11-20)16-28-25(33)19-9-8-12-21(15-19)32-27(35)23-14-7-6-13-22(23)26(34)30-32/h3-12,15,22-23H,13-14,16H2,1-2H3,(H,28,33)(H,30,34). The third kappa shape index (κ3) is 4.23. The number of para-hydroxylation sites is 1. The summed E-state index contributed by atoms with van der Waals surface area (Å²) in [6.07, 6.45) is 5.01. The number of hydrogen-bond acceptors (Lipinski definition) is 4. The topological polar surface area (TPSA) is 96.3 Å². The van der Waals surface area contributed by atoms with Crippen LogP contribution in [0, 0.1) is 25.7 Å². The number of hydrogen-bond donors (Lipinski definition) is 2. The largest absolute Gasteiger partial charge is 0.348 e. The van der Waals surface area contributed by atoms with Crippen LogP contribution in [-0.2, 0) is 16.1 Å². The van der Waals surface area contributed by atoms with E-state index >= 15 is 0 Å². The molecular formula is C27H27N5O3. The minimum Gasteiger partial charge on any atom is -0.348 e. The van der Waals surface area contributed by atoms with Crippen molar-refractivity contribution >= 4 is 23.4 Å². The molecule has 35 heavy (non-hydrogen) atoms. The summed E-state index contributed by atoms with van der Waals surface area (Å²) in [6, 6.07) is 16.6. The number of hydrazine groups is 1. The Kier molecular flexibility index (Phi) is 5.94. The predicted octanol–water partition coefficient (Wildman–Crippen LogP) is 3.38. The highest BCUT2D eigenvalue weighted by atomic mass is 16.2. The number of nitrogens with one attached hydrogen (secondary N) is 2. The van der Waals surface area contributed by atoms with Gasteiger partial charge in [0.1, 0.15) is 0 Å². The van der Waals surface area contributed by atoms with Crippen LogP contribution in [0.1, 0.15) is 40.2 Å². The number of allylic oxidation sites excluding steroid dienone is 2. The highest BCUT2D eigenvalue weighted by Gasteiger charge is 2.42. The van der Waals surface area contributed by atoms with Crippen molar-refractivity contribution in [1.29, 1.82) is 0 Å². The summed E-state index contributed by atoms with van der Waals surface area (Å²) in [5, 5.41) is 8.87. The molecule has 1 saturated heterocycles. The molecule has 1 aliphatic carbocycles. The van der Waals surface area contributed by atoms with Crippen molar-refractivity contribution in [2.75, 3.05) is 5.01 Å². The number of aromatic nitrogens is 2. The summed E-state index contributed by atoms with van der Waals surface area (Å²) < 4.78 is 1.87. The molecule has 8 heteroatoms. The molecule has 1 aliphatic heterocycles. The van der Waals surface area contributed by atoms with Gasteiger partial charge in [-0.3, -0.25) is 19.8 Å². The van der Waals surface area contributed by atoms with Gasteiger partial charge in [0.25, 0.3) is 5.91 Å². The summed E-state index contributed by atoms with van der Waals surface area (Å²) in [6.45, 7) is 4.23. The number of carbonyl (C=O) groups excluding carboxylic acids is 3. The van der Waals surface area contributed by atoms with Crippen LogP contribution in [0.25, 0.3) is 5.69 Å². The molecule has 0 bridgehead atoms. The molecule has 2 heterocycles. The number of aryl methyl sites for hydroxylation is 1. The molecule has 178 valence electrons. The number of carbonyl (C=O) groups is 3. The lowest BCUT2D eigenvalue weighted by molar-refractivity contribution is -0.139. The lowest BCUT2D eigenvalue weighted by atomic mass is 9.80. The fourth-order valence-electron chi connectivity index (χ4n) is 4.79. The molecule has 5 rings (SSSR count). The lowest BCUT2D eigenvalue weighted by Crippen LogP contribution is -2.59. The zero-order chi connectivity index (χ0) is 24.5. The minimum atomic E-state index is -0.377. The predicted molar refractivity (Wildman–Crippen MR) is 132 cm³/mol. The second kappa shape index (κ2) is 9.21. The van der Waals surface area contributed by atoms with Crippen LogP contribution < -0.4 is 15.8 Å². The number of anilines is 1. The van der Waals surface area contributed by atoms with Crippen molar-refractivity contribution in [2.24, 2.45) is 11.8 Å². The van der Waals surface area contributed by atoms with E-state index in [4.69, 9.17) is 0 Å². The Balaban J connectivity index is 1.31.